The van der Waals surface area contributed by atoms with Gasteiger partial charge in [0.25, 0.3) is 11.8 Å². The summed E-state index contributed by atoms with van der Waals surface area (Å²) >= 11 is 6.38. The molecule has 0 saturated heterocycles. The van der Waals surface area contributed by atoms with Crippen molar-refractivity contribution in [2.75, 3.05) is 13.2 Å². The normalized spacial score (nSPS) is 14.6. The summed E-state index contributed by atoms with van der Waals surface area (Å²) in [4.78, 5) is 25.5. The number of ether oxygens (including phenoxy) is 2. The Morgan fingerprint density at radius 1 is 1.23 bits per heavy atom. The summed E-state index contributed by atoms with van der Waals surface area (Å²) in [7, 11) is 0. The zero-order valence-corrected chi connectivity index (χ0v) is 17.5. The van der Waals surface area contributed by atoms with Crippen LogP contribution < -0.4 is 9.47 Å². The number of nitrogens with zero attached hydrogens (tertiary/aromatic N) is 2. The average Bonchev–Trinajstić information content (AvgIpc) is 3.02. The molecule has 0 fully saturated rings. The second-order valence-corrected chi connectivity index (χ2v) is 6.80. The number of hydrazone groups is 1. The van der Waals surface area contributed by atoms with Crippen molar-refractivity contribution in [1.29, 1.82) is 0 Å². The predicted octanol–water partition coefficient (Wildman–Crippen LogP) is 4.75. The van der Waals surface area contributed by atoms with Crippen LogP contribution in [0, 0.1) is 0 Å². The highest BCUT2D eigenvalue weighted by molar-refractivity contribution is 6.33. The maximum Gasteiger partial charge on any atom is 0.283 e. The van der Waals surface area contributed by atoms with Gasteiger partial charge in [-0.25, -0.2) is 0 Å². The number of benzene rings is 2. The largest absolute Gasteiger partial charge is 0.490 e. The van der Waals surface area contributed by atoms with Gasteiger partial charge in [0.05, 0.1) is 22.9 Å². The fourth-order valence-electron chi connectivity index (χ4n) is 2.91. The topological polar surface area (TPSA) is 68.2 Å². The van der Waals surface area contributed by atoms with Gasteiger partial charge in [-0.2, -0.15) is 10.1 Å². The summed E-state index contributed by atoms with van der Waals surface area (Å²) in [5.74, 6) is -0.118. The number of hydrogen-bond donors (Lipinski definition) is 0. The third-order valence-electron chi connectivity index (χ3n) is 4.26. The Hall–Kier alpha value is -3.38. The van der Waals surface area contributed by atoms with Gasteiger partial charge in [0.2, 0.25) is 0 Å². The van der Waals surface area contributed by atoms with Crippen LogP contribution in [0.4, 0.5) is 0 Å². The minimum absolute atomic E-state index is 0.279. The smallest absolute Gasteiger partial charge is 0.283 e. The van der Waals surface area contributed by atoms with E-state index in [1.54, 1.807) is 61.5 Å². The van der Waals surface area contributed by atoms with Crippen molar-refractivity contribution in [1.82, 2.24) is 5.01 Å². The van der Waals surface area contributed by atoms with Crippen molar-refractivity contribution < 1.29 is 19.1 Å². The highest BCUT2D eigenvalue weighted by Gasteiger charge is 2.33. The molecule has 2 aromatic rings. The summed E-state index contributed by atoms with van der Waals surface area (Å²) < 4.78 is 11.2. The molecule has 7 heteroatoms. The maximum atomic E-state index is 12.9. The quantitative estimate of drug-likeness (QED) is 0.365. The lowest BCUT2D eigenvalue weighted by molar-refractivity contribution is -0.123. The minimum Gasteiger partial charge on any atom is -0.490 e. The van der Waals surface area contributed by atoms with E-state index < -0.39 is 11.8 Å². The Balaban J connectivity index is 1.93. The van der Waals surface area contributed by atoms with Crippen molar-refractivity contribution in [3.05, 3.63) is 76.8 Å². The lowest BCUT2D eigenvalue weighted by Gasteiger charge is -2.14. The van der Waals surface area contributed by atoms with Gasteiger partial charge >= 0.3 is 0 Å². The van der Waals surface area contributed by atoms with E-state index in [0.717, 1.165) is 5.01 Å². The molecule has 1 aliphatic rings. The lowest BCUT2D eigenvalue weighted by Crippen LogP contribution is -2.29. The Morgan fingerprint density at radius 2 is 1.97 bits per heavy atom. The van der Waals surface area contributed by atoms with E-state index in [2.05, 4.69) is 11.7 Å². The molecule has 0 bridgehead atoms. The third kappa shape index (κ3) is 4.44. The lowest BCUT2D eigenvalue weighted by atomic mass is 10.1. The summed E-state index contributed by atoms with van der Waals surface area (Å²) in [6.07, 6.45) is 3.24. The Kier molecular flexibility index (Phi) is 6.69. The van der Waals surface area contributed by atoms with Gasteiger partial charge in [0.1, 0.15) is 6.61 Å². The number of carbonyl (C=O) groups is 2. The number of rotatable bonds is 7. The first-order valence-electron chi connectivity index (χ1n) is 9.37. The third-order valence-corrected chi connectivity index (χ3v) is 4.54. The van der Waals surface area contributed by atoms with Crippen LogP contribution in [0.5, 0.6) is 11.5 Å². The second kappa shape index (κ2) is 9.41. The first-order chi connectivity index (χ1) is 14.5. The van der Waals surface area contributed by atoms with Crippen molar-refractivity contribution in [2.24, 2.45) is 5.10 Å². The molecule has 1 heterocycles. The summed E-state index contributed by atoms with van der Waals surface area (Å²) in [6, 6.07) is 11.9. The van der Waals surface area contributed by atoms with Crippen LogP contribution in [0.15, 0.2) is 65.8 Å². The van der Waals surface area contributed by atoms with Crippen molar-refractivity contribution >= 4 is 35.2 Å². The predicted molar refractivity (Wildman–Crippen MR) is 117 cm³/mol. The van der Waals surface area contributed by atoms with Crippen molar-refractivity contribution in [2.45, 2.75) is 13.8 Å². The van der Waals surface area contributed by atoms with E-state index in [1.807, 2.05) is 6.92 Å². The van der Waals surface area contributed by atoms with Crippen LogP contribution in [0.1, 0.15) is 29.8 Å². The molecule has 2 aromatic carbocycles. The maximum absolute atomic E-state index is 12.9. The molecular formula is C23H21ClN2O4. The zero-order valence-electron chi connectivity index (χ0n) is 16.7. The van der Waals surface area contributed by atoms with Crippen LogP contribution in [0.2, 0.25) is 5.02 Å². The van der Waals surface area contributed by atoms with Crippen LogP contribution in [-0.4, -0.2) is 35.7 Å². The monoisotopic (exact) mass is 424 g/mol. The molecule has 0 aliphatic carbocycles. The average molecular weight is 425 g/mol. The summed E-state index contributed by atoms with van der Waals surface area (Å²) in [5.41, 5.74) is 1.75. The van der Waals surface area contributed by atoms with Gasteiger partial charge in [0.15, 0.2) is 11.5 Å². The highest BCUT2D eigenvalue weighted by atomic mass is 35.5. The van der Waals surface area contributed by atoms with Crippen LogP contribution >= 0.6 is 11.6 Å². The van der Waals surface area contributed by atoms with E-state index in [9.17, 15) is 9.59 Å². The van der Waals surface area contributed by atoms with Gasteiger partial charge in [-0.3, -0.25) is 9.59 Å². The molecule has 0 spiro atoms. The molecule has 0 radical (unpaired) electrons. The van der Waals surface area contributed by atoms with Gasteiger partial charge in [-0.05, 0) is 49.8 Å². The molecule has 0 atom stereocenters. The molecule has 3 rings (SSSR count). The Labute approximate surface area is 180 Å². The number of amides is 2. The standard InChI is InChI=1S/C23H21ClN2O4/c1-4-11-30-21-19(24)13-16(14-20(21)29-5-2)12-18-15(3)25-26(23(18)28)22(27)17-9-7-6-8-10-17/h4,6-10,12-14H,1,5,11H2,2-3H3/b18-12+. The van der Waals surface area contributed by atoms with Gasteiger partial charge < -0.3 is 9.47 Å². The minimum atomic E-state index is -0.498. The van der Waals surface area contributed by atoms with Gasteiger partial charge in [0, 0.05) is 5.56 Å². The molecule has 154 valence electrons. The number of hydrogen-bond acceptors (Lipinski definition) is 5. The Bertz CT molecular complexity index is 1040. The van der Waals surface area contributed by atoms with Crippen LogP contribution in [0.3, 0.4) is 0 Å². The summed E-state index contributed by atoms with van der Waals surface area (Å²) in [5, 5.41) is 5.36. The summed E-state index contributed by atoms with van der Waals surface area (Å²) in [6.45, 7) is 7.84. The second-order valence-electron chi connectivity index (χ2n) is 6.39. The van der Waals surface area contributed by atoms with Crippen LogP contribution in [-0.2, 0) is 4.79 Å². The van der Waals surface area contributed by atoms with E-state index >= 15 is 0 Å². The molecule has 0 aromatic heterocycles. The fourth-order valence-corrected chi connectivity index (χ4v) is 3.18. The van der Waals surface area contributed by atoms with Crippen molar-refractivity contribution in [3.63, 3.8) is 0 Å². The molecule has 0 N–H and O–H groups in total. The molecule has 1 aliphatic heterocycles. The Morgan fingerprint density at radius 3 is 2.63 bits per heavy atom. The van der Waals surface area contributed by atoms with E-state index in [0.29, 0.717) is 45.5 Å². The van der Waals surface area contributed by atoms with Crippen LogP contribution in [0.25, 0.3) is 6.08 Å². The SMILES string of the molecule is C=CCOc1c(Cl)cc(/C=C2/C(=O)N(C(=O)c3ccccc3)N=C2C)cc1OCC. The first kappa shape index (κ1) is 21.3. The van der Waals surface area contributed by atoms with E-state index in [-0.39, 0.29) is 6.61 Å². The zero-order chi connectivity index (χ0) is 21.7. The van der Waals surface area contributed by atoms with Gasteiger partial charge in [-0.1, -0.05) is 42.5 Å². The molecule has 0 saturated carbocycles. The molecular weight excluding hydrogens is 404 g/mol. The number of carbonyl (C=O) groups excluding carboxylic acids is 2. The van der Waals surface area contributed by atoms with Crippen molar-refractivity contribution in [3.8, 4) is 11.5 Å². The number of imide groups is 1. The van der Waals surface area contributed by atoms with E-state index in [1.165, 1.54) is 0 Å². The fraction of sp³-hybridized carbons (Fsp3) is 0.174. The first-order valence-corrected chi connectivity index (χ1v) is 9.75. The van der Waals surface area contributed by atoms with E-state index in [4.69, 9.17) is 21.1 Å². The molecule has 2 amide bonds. The number of halogens is 1. The molecule has 6 nitrogen and oxygen atoms in total. The molecule has 30 heavy (non-hydrogen) atoms. The highest BCUT2D eigenvalue weighted by Crippen LogP contribution is 2.37. The van der Waals surface area contributed by atoms with Gasteiger partial charge in [-0.15, -0.1) is 0 Å². The molecule has 0 unspecified atom stereocenters.